The van der Waals surface area contributed by atoms with Crippen LogP contribution >= 0.6 is 0 Å². The quantitative estimate of drug-likeness (QED) is 0.389. The molecule has 0 bridgehead atoms. The molecule has 0 aromatic carbocycles. The molecule has 2 atom stereocenters. The van der Waals surface area contributed by atoms with E-state index in [1.165, 1.54) is 20.8 Å². The van der Waals surface area contributed by atoms with Gasteiger partial charge in [0.25, 0.3) is 6.29 Å². The minimum Gasteiger partial charge on any atom is -0.422 e. The Kier molecular flexibility index (Phi) is 6.40. The Hall–Kier alpha value is -1.70. The molecular formula is C12H18O7. The average molecular weight is 274 g/mol. The van der Waals surface area contributed by atoms with Crippen molar-refractivity contribution in [2.75, 3.05) is 6.61 Å². The van der Waals surface area contributed by atoms with Crippen LogP contribution < -0.4 is 0 Å². The molecule has 0 fully saturated rings. The second-order valence-corrected chi connectivity index (χ2v) is 3.77. The van der Waals surface area contributed by atoms with Gasteiger partial charge in [0.05, 0.1) is 6.61 Å². The van der Waals surface area contributed by atoms with Crippen molar-refractivity contribution in [2.24, 2.45) is 0 Å². The predicted molar refractivity (Wildman–Crippen MR) is 64.4 cm³/mol. The van der Waals surface area contributed by atoms with Gasteiger partial charge in [0, 0.05) is 11.1 Å². The first-order chi connectivity index (χ1) is 8.64. The maximum Gasteiger partial charge on any atom is 0.393 e. The van der Waals surface area contributed by atoms with Crippen LogP contribution in [-0.4, -0.2) is 41.0 Å². The number of aliphatic hydroxyl groups excluding tert-OH is 1. The van der Waals surface area contributed by atoms with E-state index in [2.05, 4.69) is 22.6 Å². The van der Waals surface area contributed by atoms with Gasteiger partial charge in [-0.05, 0) is 20.8 Å². The number of hydrogen-bond donors (Lipinski definition) is 2. The molecule has 7 nitrogen and oxygen atoms in total. The summed E-state index contributed by atoms with van der Waals surface area (Å²) in [5, 5.41) is 19.4. The smallest absolute Gasteiger partial charge is 0.393 e. The summed E-state index contributed by atoms with van der Waals surface area (Å²) in [5.41, 5.74) is -0.0410. The highest BCUT2D eigenvalue weighted by atomic mass is 16.9. The zero-order valence-electron chi connectivity index (χ0n) is 11.1. The second kappa shape index (κ2) is 7.03. The summed E-state index contributed by atoms with van der Waals surface area (Å²) in [5.74, 6) is -4.80. The molecule has 0 aliphatic heterocycles. The summed E-state index contributed by atoms with van der Waals surface area (Å²) < 4.78 is 13.7. The molecule has 0 saturated heterocycles. The van der Waals surface area contributed by atoms with E-state index in [0.717, 1.165) is 0 Å². The number of hydrogen-bond acceptors (Lipinski definition) is 7. The fraction of sp³-hybridized carbons (Fsp3) is 0.500. The van der Waals surface area contributed by atoms with Crippen molar-refractivity contribution in [3.05, 3.63) is 24.3 Å². The molecule has 0 rings (SSSR count). The van der Waals surface area contributed by atoms with Gasteiger partial charge in [-0.3, -0.25) is 0 Å². The van der Waals surface area contributed by atoms with E-state index in [1.807, 2.05) is 0 Å². The van der Waals surface area contributed by atoms with Gasteiger partial charge in [0.2, 0.25) is 0 Å². The molecule has 0 saturated carbocycles. The molecule has 0 heterocycles. The molecule has 2 N–H and O–H groups in total. The van der Waals surface area contributed by atoms with Crippen LogP contribution in [0.2, 0.25) is 0 Å². The van der Waals surface area contributed by atoms with Crippen molar-refractivity contribution >= 4 is 11.9 Å². The summed E-state index contributed by atoms with van der Waals surface area (Å²) in [4.78, 5) is 22.5. The fourth-order valence-corrected chi connectivity index (χ4v) is 0.854. The molecule has 19 heavy (non-hydrogen) atoms. The van der Waals surface area contributed by atoms with Gasteiger partial charge < -0.3 is 24.4 Å². The first-order valence-corrected chi connectivity index (χ1v) is 5.43. The van der Waals surface area contributed by atoms with E-state index in [0.29, 0.717) is 0 Å². The minimum atomic E-state index is -2.81. The van der Waals surface area contributed by atoms with E-state index >= 15 is 0 Å². The van der Waals surface area contributed by atoms with Crippen molar-refractivity contribution in [1.82, 2.24) is 0 Å². The van der Waals surface area contributed by atoms with E-state index < -0.39 is 24.2 Å². The van der Waals surface area contributed by atoms with Gasteiger partial charge in [0.15, 0.2) is 0 Å². The molecule has 108 valence electrons. The second-order valence-electron chi connectivity index (χ2n) is 3.77. The number of esters is 2. The number of rotatable bonds is 7. The van der Waals surface area contributed by atoms with Crippen molar-refractivity contribution in [3.8, 4) is 0 Å². The molecule has 7 heteroatoms. The third kappa shape index (κ3) is 5.21. The Bertz CT molecular complexity index is 388. The summed E-state index contributed by atoms with van der Waals surface area (Å²) in [7, 11) is 0. The van der Waals surface area contributed by atoms with Crippen LogP contribution in [0.25, 0.3) is 0 Å². The van der Waals surface area contributed by atoms with Gasteiger partial charge in [-0.25, -0.2) is 9.59 Å². The predicted octanol–water partition coefficient (Wildman–Crippen LogP) is 0.226. The summed E-state index contributed by atoms with van der Waals surface area (Å²) in [6.07, 6.45) is -2.22. The van der Waals surface area contributed by atoms with Gasteiger partial charge in [0.1, 0.15) is 0 Å². The summed E-state index contributed by atoms with van der Waals surface area (Å²) >= 11 is 0. The monoisotopic (exact) mass is 274 g/mol. The maximum absolute atomic E-state index is 11.3. The normalized spacial score (nSPS) is 15.0. The molecule has 2 unspecified atom stereocenters. The lowest BCUT2D eigenvalue weighted by molar-refractivity contribution is -0.411. The topological polar surface area (TPSA) is 102 Å². The Morgan fingerprint density at radius 1 is 1.21 bits per heavy atom. The van der Waals surface area contributed by atoms with Gasteiger partial charge in [-0.15, -0.1) is 0 Å². The zero-order chi connectivity index (χ0) is 15.2. The lowest BCUT2D eigenvalue weighted by Crippen LogP contribution is -2.51. The molecule has 0 amide bonds. The standard InChI is InChI=1S/C12H18O7/c1-6-17-12(16,19-10(14)8(4)5)11(15)18-9(13)7(2)3/h11,15-16H,2,4,6H2,1,3,5H3. The van der Waals surface area contributed by atoms with Gasteiger partial charge in [-0.2, -0.15) is 0 Å². The van der Waals surface area contributed by atoms with E-state index in [1.54, 1.807) is 0 Å². The van der Waals surface area contributed by atoms with Crippen LogP contribution in [0.1, 0.15) is 20.8 Å². The summed E-state index contributed by atoms with van der Waals surface area (Å²) in [6, 6.07) is 0. The first kappa shape index (κ1) is 17.3. The molecule has 0 radical (unpaired) electrons. The Labute approximate surface area is 111 Å². The van der Waals surface area contributed by atoms with E-state index in [-0.39, 0.29) is 17.8 Å². The van der Waals surface area contributed by atoms with Crippen LogP contribution in [0, 0.1) is 0 Å². The first-order valence-electron chi connectivity index (χ1n) is 5.43. The summed E-state index contributed by atoms with van der Waals surface area (Å²) in [6.45, 7) is 10.6. The van der Waals surface area contributed by atoms with E-state index in [9.17, 15) is 19.8 Å². The van der Waals surface area contributed by atoms with Crippen LogP contribution in [0.3, 0.4) is 0 Å². The SMILES string of the molecule is C=C(C)C(=O)OC(O)C(O)(OCC)OC(=O)C(=C)C. The number of ether oxygens (including phenoxy) is 3. The molecule has 0 aromatic rings. The molecule has 0 aliphatic carbocycles. The number of carbonyl (C=O) groups is 2. The van der Waals surface area contributed by atoms with Crippen molar-refractivity contribution in [3.63, 3.8) is 0 Å². The van der Waals surface area contributed by atoms with Crippen LogP contribution in [0.15, 0.2) is 24.3 Å². The Morgan fingerprint density at radius 2 is 1.68 bits per heavy atom. The largest absolute Gasteiger partial charge is 0.422 e. The highest BCUT2D eigenvalue weighted by molar-refractivity contribution is 5.88. The molecular weight excluding hydrogens is 256 g/mol. The lowest BCUT2D eigenvalue weighted by atomic mass is 10.3. The highest BCUT2D eigenvalue weighted by Crippen LogP contribution is 2.19. The van der Waals surface area contributed by atoms with Crippen molar-refractivity contribution in [1.29, 1.82) is 0 Å². The number of carbonyl (C=O) groups excluding carboxylic acids is 2. The zero-order valence-corrected chi connectivity index (χ0v) is 11.1. The third-order valence-corrected chi connectivity index (χ3v) is 1.82. The molecule has 0 aliphatic rings. The van der Waals surface area contributed by atoms with Gasteiger partial charge >= 0.3 is 17.9 Å². The van der Waals surface area contributed by atoms with Gasteiger partial charge in [-0.1, -0.05) is 13.2 Å². The molecule has 0 aromatic heterocycles. The number of aliphatic hydroxyl groups is 2. The Balaban J connectivity index is 4.95. The van der Waals surface area contributed by atoms with Crippen LogP contribution in [0.4, 0.5) is 0 Å². The fourth-order valence-electron chi connectivity index (χ4n) is 0.854. The van der Waals surface area contributed by atoms with Crippen molar-refractivity contribution < 1.29 is 34.0 Å². The van der Waals surface area contributed by atoms with Crippen molar-refractivity contribution in [2.45, 2.75) is 33.0 Å². The van der Waals surface area contributed by atoms with Crippen LogP contribution in [0.5, 0.6) is 0 Å². The molecule has 0 spiro atoms. The van der Waals surface area contributed by atoms with E-state index in [4.69, 9.17) is 4.74 Å². The minimum absolute atomic E-state index is 0.0101. The average Bonchev–Trinajstić information content (AvgIpc) is 2.28. The Morgan fingerprint density at radius 3 is 2.05 bits per heavy atom. The highest BCUT2D eigenvalue weighted by Gasteiger charge is 2.44. The lowest BCUT2D eigenvalue weighted by Gasteiger charge is -2.30. The maximum atomic E-state index is 11.3. The van der Waals surface area contributed by atoms with Crippen LogP contribution in [-0.2, 0) is 23.8 Å². The third-order valence-electron chi connectivity index (χ3n) is 1.82.